The molecule has 0 heterocycles. The first kappa shape index (κ1) is 21.4. The van der Waals surface area contributed by atoms with Gasteiger partial charge in [0, 0.05) is 17.6 Å². The average molecular weight is 456 g/mol. The van der Waals surface area contributed by atoms with Crippen LogP contribution in [0.1, 0.15) is 24.2 Å². The SMILES string of the molecule is CCN(CC)S(=O)(=O)c1ccc(C(=O)OCCOc2cccc(Br)c2)cc1. The summed E-state index contributed by atoms with van der Waals surface area (Å²) in [6.45, 7) is 4.65. The van der Waals surface area contributed by atoms with E-state index in [0.29, 0.717) is 18.8 Å². The molecular formula is C19H22BrNO5S. The highest BCUT2D eigenvalue weighted by Gasteiger charge is 2.21. The number of benzene rings is 2. The van der Waals surface area contributed by atoms with Crippen LogP contribution in [-0.4, -0.2) is 45.0 Å². The molecular weight excluding hydrogens is 434 g/mol. The Labute approximate surface area is 168 Å². The molecule has 2 aromatic rings. The van der Waals surface area contributed by atoms with Crippen molar-refractivity contribution >= 4 is 31.9 Å². The Bertz CT molecular complexity index is 864. The van der Waals surface area contributed by atoms with Crippen molar-refractivity contribution in [1.82, 2.24) is 4.31 Å². The lowest BCUT2D eigenvalue weighted by atomic mass is 10.2. The van der Waals surface area contributed by atoms with Gasteiger partial charge in [-0.15, -0.1) is 0 Å². The highest BCUT2D eigenvalue weighted by Crippen LogP contribution is 2.18. The van der Waals surface area contributed by atoms with Crippen molar-refractivity contribution in [2.24, 2.45) is 0 Å². The van der Waals surface area contributed by atoms with Crippen molar-refractivity contribution in [3.05, 3.63) is 58.6 Å². The monoisotopic (exact) mass is 455 g/mol. The lowest BCUT2D eigenvalue weighted by Gasteiger charge is -2.18. The third-order valence-corrected chi connectivity index (χ3v) is 6.37. The molecule has 0 spiro atoms. The number of hydrogen-bond donors (Lipinski definition) is 0. The lowest BCUT2D eigenvalue weighted by Crippen LogP contribution is -2.30. The summed E-state index contributed by atoms with van der Waals surface area (Å²) in [4.78, 5) is 12.2. The zero-order valence-corrected chi connectivity index (χ0v) is 17.6. The van der Waals surface area contributed by atoms with Crippen LogP contribution in [-0.2, 0) is 14.8 Å². The molecule has 2 aromatic carbocycles. The molecule has 0 saturated heterocycles. The van der Waals surface area contributed by atoms with Gasteiger partial charge in [0.25, 0.3) is 0 Å². The largest absolute Gasteiger partial charge is 0.490 e. The fourth-order valence-corrected chi connectivity index (χ4v) is 4.25. The number of carbonyl (C=O) groups is 1. The summed E-state index contributed by atoms with van der Waals surface area (Å²) < 4.78 is 37.8. The van der Waals surface area contributed by atoms with Crippen LogP contribution in [0.5, 0.6) is 5.75 Å². The van der Waals surface area contributed by atoms with Gasteiger partial charge in [0.05, 0.1) is 10.5 Å². The minimum absolute atomic E-state index is 0.0881. The van der Waals surface area contributed by atoms with Crippen LogP contribution in [0.15, 0.2) is 57.9 Å². The molecule has 0 aliphatic heterocycles. The number of hydrogen-bond acceptors (Lipinski definition) is 5. The Hall–Kier alpha value is -1.90. The van der Waals surface area contributed by atoms with Gasteiger partial charge in [-0.25, -0.2) is 13.2 Å². The average Bonchev–Trinajstić information content (AvgIpc) is 2.66. The molecule has 0 bridgehead atoms. The first-order valence-corrected chi connectivity index (χ1v) is 10.8. The smallest absolute Gasteiger partial charge is 0.338 e. The standard InChI is InChI=1S/C19H22BrNO5S/c1-3-21(4-2)27(23,24)18-10-8-15(9-11-18)19(22)26-13-12-25-17-7-5-6-16(20)14-17/h5-11,14H,3-4,12-13H2,1-2H3. The topological polar surface area (TPSA) is 72.9 Å². The summed E-state index contributed by atoms with van der Waals surface area (Å²) in [6, 6.07) is 13.1. The Morgan fingerprint density at radius 1 is 1.04 bits per heavy atom. The van der Waals surface area contributed by atoms with E-state index in [1.807, 2.05) is 24.3 Å². The zero-order valence-electron chi connectivity index (χ0n) is 15.2. The predicted octanol–water partition coefficient (Wildman–Crippen LogP) is 3.72. The molecule has 8 heteroatoms. The van der Waals surface area contributed by atoms with E-state index in [1.165, 1.54) is 28.6 Å². The number of sulfonamides is 1. The van der Waals surface area contributed by atoms with Gasteiger partial charge in [-0.1, -0.05) is 35.8 Å². The van der Waals surface area contributed by atoms with Gasteiger partial charge in [-0.05, 0) is 42.5 Å². The maximum Gasteiger partial charge on any atom is 0.338 e. The number of halogens is 1. The fourth-order valence-electron chi connectivity index (χ4n) is 2.41. The van der Waals surface area contributed by atoms with Gasteiger partial charge in [0.1, 0.15) is 19.0 Å². The van der Waals surface area contributed by atoms with Crippen molar-refractivity contribution < 1.29 is 22.7 Å². The van der Waals surface area contributed by atoms with Crippen LogP contribution >= 0.6 is 15.9 Å². The molecule has 0 unspecified atom stereocenters. The van der Waals surface area contributed by atoms with Crippen molar-refractivity contribution in [3.8, 4) is 5.75 Å². The summed E-state index contributed by atoms with van der Waals surface area (Å²) in [5, 5.41) is 0. The van der Waals surface area contributed by atoms with E-state index in [1.54, 1.807) is 13.8 Å². The molecule has 0 saturated carbocycles. The van der Waals surface area contributed by atoms with Crippen molar-refractivity contribution in [2.45, 2.75) is 18.7 Å². The second-order valence-corrected chi connectivity index (χ2v) is 8.41. The summed E-state index contributed by atoms with van der Waals surface area (Å²) >= 11 is 3.35. The Kier molecular flexibility index (Phi) is 7.82. The molecule has 2 rings (SSSR count). The second-order valence-electron chi connectivity index (χ2n) is 5.56. The molecule has 0 radical (unpaired) electrons. The van der Waals surface area contributed by atoms with Crippen molar-refractivity contribution in [3.63, 3.8) is 0 Å². The molecule has 0 aromatic heterocycles. The number of ether oxygens (including phenoxy) is 2. The number of esters is 1. The zero-order chi connectivity index (χ0) is 19.9. The van der Waals surface area contributed by atoms with Gasteiger partial charge in [-0.2, -0.15) is 4.31 Å². The van der Waals surface area contributed by atoms with E-state index in [0.717, 1.165) is 4.47 Å². The van der Waals surface area contributed by atoms with Crippen LogP contribution in [0, 0.1) is 0 Å². The van der Waals surface area contributed by atoms with Crippen LogP contribution in [0.25, 0.3) is 0 Å². The fraction of sp³-hybridized carbons (Fsp3) is 0.316. The molecule has 27 heavy (non-hydrogen) atoms. The number of rotatable bonds is 9. The second kappa shape index (κ2) is 9.87. The Morgan fingerprint density at radius 2 is 1.70 bits per heavy atom. The van der Waals surface area contributed by atoms with Gasteiger partial charge < -0.3 is 9.47 Å². The van der Waals surface area contributed by atoms with E-state index in [2.05, 4.69) is 15.9 Å². The summed E-state index contributed by atoms with van der Waals surface area (Å²) in [5.41, 5.74) is 0.288. The van der Waals surface area contributed by atoms with Crippen LogP contribution in [0.3, 0.4) is 0 Å². The molecule has 6 nitrogen and oxygen atoms in total. The molecule has 146 valence electrons. The third-order valence-electron chi connectivity index (χ3n) is 3.81. The molecule has 0 amide bonds. The number of carbonyl (C=O) groups excluding carboxylic acids is 1. The first-order chi connectivity index (χ1) is 12.9. The van der Waals surface area contributed by atoms with Crippen molar-refractivity contribution in [1.29, 1.82) is 0 Å². The molecule has 0 aliphatic carbocycles. The Balaban J connectivity index is 1.90. The summed E-state index contributed by atoms with van der Waals surface area (Å²) in [6.07, 6.45) is 0. The first-order valence-electron chi connectivity index (χ1n) is 8.54. The molecule has 0 N–H and O–H groups in total. The van der Waals surface area contributed by atoms with E-state index in [-0.39, 0.29) is 23.7 Å². The maximum absolute atomic E-state index is 12.4. The highest BCUT2D eigenvalue weighted by molar-refractivity contribution is 9.10. The highest BCUT2D eigenvalue weighted by atomic mass is 79.9. The third kappa shape index (κ3) is 5.79. The maximum atomic E-state index is 12.4. The van der Waals surface area contributed by atoms with E-state index in [4.69, 9.17) is 9.47 Å². The predicted molar refractivity (Wildman–Crippen MR) is 106 cm³/mol. The van der Waals surface area contributed by atoms with E-state index < -0.39 is 16.0 Å². The van der Waals surface area contributed by atoms with Crippen LogP contribution in [0.2, 0.25) is 0 Å². The normalized spacial score (nSPS) is 11.4. The summed E-state index contributed by atoms with van der Waals surface area (Å²) in [5.74, 6) is 0.144. The van der Waals surface area contributed by atoms with E-state index >= 15 is 0 Å². The van der Waals surface area contributed by atoms with Crippen LogP contribution < -0.4 is 4.74 Å². The van der Waals surface area contributed by atoms with Gasteiger partial charge in [0.2, 0.25) is 10.0 Å². The minimum atomic E-state index is -3.54. The number of nitrogens with zero attached hydrogens (tertiary/aromatic N) is 1. The summed E-state index contributed by atoms with van der Waals surface area (Å²) in [7, 11) is -3.54. The quantitative estimate of drug-likeness (QED) is 0.425. The van der Waals surface area contributed by atoms with Crippen molar-refractivity contribution in [2.75, 3.05) is 26.3 Å². The Morgan fingerprint density at radius 3 is 2.30 bits per heavy atom. The van der Waals surface area contributed by atoms with Crippen LogP contribution in [0.4, 0.5) is 0 Å². The van der Waals surface area contributed by atoms with E-state index in [9.17, 15) is 13.2 Å². The molecule has 0 atom stereocenters. The van der Waals surface area contributed by atoms with Gasteiger partial charge in [-0.3, -0.25) is 0 Å². The molecule has 0 fully saturated rings. The molecule has 0 aliphatic rings. The minimum Gasteiger partial charge on any atom is -0.490 e. The van der Waals surface area contributed by atoms with Gasteiger partial charge in [0.15, 0.2) is 0 Å². The lowest BCUT2D eigenvalue weighted by molar-refractivity contribution is 0.0450. The van der Waals surface area contributed by atoms with Gasteiger partial charge >= 0.3 is 5.97 Å².